The van der Waals surface area contributed by atoms with E-state index in [1.54, 1.807) is 18.7 Å². The molecule has 1 atom stereocenters. The average Bonchev–Trinajstić information content (AvgIpc) is 3.28. The van der Waals surface area contributed by atoms with Gasteiger partial charge in [0, 0.05) is 17.0 Å². The molecule has 0 saturated carbocycles. The highest BCUT2D eigenvalue weighted by molar-refractivity contribution is 7.98. The summed E-state index contributed by atoms with van der Waals surface area (Å²) in [4.78, 5) is 17.4. The summed E-state index contributed by atoms with van der Waals surface area (Å²) in [5, 5.41) is 8.73. The SMILES string of the molecule is CC(=O)C1=C(C)Nc2nc(SCc3ccccc3)nn2C1c1ccc(OCc2cccc(C)c2)cc1. The van der Waals surface area contributed by atoms with Crippen LogP contribution in [-0.2, 0) is 17.2 Å². The van der Waals surface area contributed by atoms with E-state index in [0.717, 1.165) is 28.3 Å². The van der Waals surface area contributed by atoms with Crippen molar-refractivity contribution in [3.63, 3.8) is 0 Å². The predicted molar refractivity (Wildman–Crippen MR) is 143 cm³/mol. The van der Waals surface area contributed by atoms with Gasteiger partial charge >= 0.3 is 0 Å². The molecule has 5 rings (SSSR count). The summed E-state index contributed by atoms with van der Waals surface area (Å²) >= 11 is 1.58. The van der Waals surface area contributed by atoms with E-state index in [9.17, 15) is 4.79 Å². The van der Waals surface area contributed by atoms with Crippen molar-refractivity contribution in [1.82, 2.24) is 14.8 Å². The Morgan fingerprint density at radius 2 is 1.75 bits per heavy atom. The number of aromatic nitrogens is 3. The number of nitrogens with zero attached hydrogens (tertiary/aromatic N) is 3. The number of ketones is 1. The van der Waals surface area contributed by atoms with Crippen LogP contribution in [-0.4, -0.2) is 20.5 Å². The molecule has 182 valence electrons. The summed E-state index contributed by atoms with van der Waals surface area (Å²) in [6, 6.07) is 26.1. The maximum atomic E-state index is 12.7. The number of carbonyl (C=O) groups excluding carboxylic acids is 1. The molecule has 7 heteroatoms. The predicted octanol–water partition coefficient (Wildman–Crippen LogP) is 6.34. The van der Waals surface area contributed by atoms with Crippen molar-refractivity contribution < 1.29 is 9.53 Å². The molecule has 1 unspecified atom stereocenters. The van der Waals surface area contributed by atoms with E-state index in [4.69, 9.17) is 14.8 Å². The lowest BCUT2D eigenvalue weighted by atomic mass is 9.93. The fraction of sp³-hybridized carbons (Fsp3) is 0.207. The van der Waals surface area contributed by atoms with Crippen molar-refractivity contribution in [1.29, 1.82) is 0 Å². The van der Waals surface area contributed by atoms with Crippen molar-refractivity contribution in [2.45, 2.75) is 44.3 Å². The molecule has 3 aromatic carbocycles. The van der Waals surface area contributed by atoms with E-state index in [1.807, 2.05) is 60.1 Å². The van der Waals surface area contributed by atoms with Crippen LogP contribution in [0.5, 0.6) is 5.75 Å². The zero-order chi connectivity index (χ0) is 25.1. The lowest BCUT2D eigenvalue weighted by Crippen LogP contribution is -2.27. The third-order valence-corrected chi connectivity index (χ3v) is 7.02. The van der Waals surface area contributed by atoms with Crippen LogP contribution in [0.2, 0.25) is 0 Å². The first-order valence-corrected chi connectivity index (χ1v) is 12.9. The van der Waals surface area contributed by atoms with Crippen LogP contribution in [0, 0.1) is 6.92 Å². The molecule has 2 heterocycles. The minimum Gasteiger partial charge on any atom is -0.489 e. The van der Waals surface area contributed by atoms with Gasteiger partial charge in [-0.3, -0.25) is 4.79 Å². The van der Waals surface area contributed by atoms with E-state index in [2.05, 4.69) is 42.6 Å². The Kier molecular flexibility index (Phi) is 6.91. The van der Waals surface area contributed by atoms with Gasteiger partial charge in [-0.1, -0.05) is 84.1 Å². The maximum Gasteiger partial charge on any atom is 0.227 e. The number of hydrogen-bond acceptors (Lipinski definition) is 6. The first-order chi connectivity index (χ1) is 17.5. The maximum absolute atomic E-state index is 12.7. The van der Waals surface area contributed by atoms with Crippen LogP contribution in [0.3, 0.4) is 0 Å². The number of Topliss-reactive ketones (excluding diaryl/α,β-unsaturated/α-hetero) is 1. The number of allylic oxidation sites excluding steroid dienone is 2. The van der Waals surface area contributed by atoms with Crippen LogP contribution in [0.15, 0.2) is 95.3 Å². The number of nitrogens with one attached hydrogen (secondary N) is 1. The fourth-order valence-electron chi connectivity index (χ4n) is 4.39. The molecule has 4 aromatic rings. The Bertz CT molecular complexity index is 1410. The van der Waals surface area contributed by atoms with E-state index >= 15 is 0 Å². The minimum absolute atomic E-state index is 0.00409. The summed E-state index contributed by atoms with van der Waals surface area (Å²) in [6.45, 7) is 6.09. The monoisotopic (exact) mass is 496 g/mol. The molecule has 0 radical (unpaired) electrons. The molecule has 1 N–H and O–H groups in total. The van der Waals surface area contributed by atoms with Gasteiger partial charge in [-0.15, -0.1) is 5.10 Å². The standard InChI is InChI=1S/C29H28N4O2S/c1-19-8-7-11-23(16-19)17-35-25-14-12-24(13-15-25)27-26(21(3)34)20(2)30-28-31-29(32-33(27)28)36-18-22-9-5-4-6-10-22/h4-16,27H,17-18H2,1-3H3,(H,30,31,32). The highest BCUT2D eigenvalue weighted by Gasteiger charge is 2.32. The lowest BCUT2D eigenvalue weighted by Gasteiger charge is -2.28. The molecule has 1 aliphatic rings. The number of thioether (sulfide) groups is 1. The van der Waals surface area contributed by atoms with Gasteiger partial charge in [-0.25, -0.2) is 4.68 Å². The molecular weight excluding hydrogens is 468 g/mol. The molecule has 0 aliphatic carbocycles. The topological polar surface area (TPSA) is 69.0 Å². The number of aryl methyl sites for hydroxylation is 1. The first kappa shape index (κ1) is 23.9. The van der Waals surface area contributed by atoms with Crippen LogP contribution >= 0.6 is 11.8 Å². The Morgan fingerprint density at radius 3 is 2.47 bits per heavy atom. The molecule has 1 aliphatic heterocycles. The van der Waals surface area contributed by atoms with Crippen molar-refractivity contribution >= 4 is 23.5 Å². The lowest BCUT2D eigenvalue weighted by molar-refractivity contribution is -0.114. The van der Waals surface area contributed by atoms with Crippen molar-refractivity contribution in [3.8, 4) is 5.75 Å². The molecule has 36 heavy (non-hydrogen) atoms. The number of anilines is 1. The molecule has 1 aromatic heterocycles. The van der Waals surface area contributed by atoms with Gasteiger partial charge < -0.3 is 10.1 Å². The van der Waals surface area contributed by atoms with Crippen LogP contribution in [0.25, 0.3) is 0 Å². The van der Waals surface area contributed by atoms with Gasteiger partial charge in [0.05, 0.1) is 0 Å². The molecule has 6 nitrogen and oxygen atoms in total. The molecule has 0 fully saturated rings. The molecule has 0 saturated heterocycles. The number of rotatable bonds is 8. The van der Waals surface area contributed by atoms with E-state index in [0.29, 0.717) is 23.3 Å². The van der Waals surface area contributed by atoms with Crippen LogP contribution < -0.4 is 10.1 Å². The average molecular weight is 497 g/mol. The van der Waals surface area contributed by atoms with Crippen molar-refractivity contribution in [3.05, 3.63) is 112 Å². The Morgan fingerprint density at radius 1 is 1.00 bits per heavy atom. The third-order valence-electron chi connectivity index (χ3n) is 6.11. The Hall–Kier alpha value is -3.84. The number of carbonyl (C=O) groups is 1. The summed E-state index contributed by atoms with van der Waals surface area (Å²) < 4.78 is 7.82. The first-order valence-electron chi connectivity index (χ1n) is 11.9. The van der Waals surface area contributed by atoms with Gasteiger partial charge in [0.2, 0.25) is 11.1 Å². The van der Waals surface area contributed by atoms with E-state index in [-0.39, 0.29) is 11.8 Å². The number of fused-ring (bicyclic) bond motifs is 1. The Labute approximate surface area is 215 Å². The highest BCUT2D eigenvalue weighted by atomic mass is 32.2. The van der Waals surface area contributed by atoms with Gasteiger partial charge in [0.1, 0.15) is 18.4 Å². The second kappa shape index (κ2) is 10.4. The number of hydrogen-bond donors (Lipinski definition) is 1. The van der Waals surface area contributed by atoms with Crippen molar-refractivity contribution in [2.75, 3.05) is 5.32 Å². The van der Waals surface area contributed by atoms with Gasteiger partial charge in [-0.05, 0) is 49.6 Å². The molecule has 0 amide bonds. The van der Waals surface area contributed by atoms with E-state index < -0.39 is 0 Å². The molecule has 0 bridgehead atoms. The minimum atomic E-state index is -0.358. The fourth-order valence-corrected chi connectivity index (χ4v) is 5.18. The molecular formula is C29H28N4O2S. The number of ether oxygens (including phenoxy) is 1. The largest absolute Gasteiger partial charge is 0.489 e. The quantitative estimate of drug-likeness (QED) is 0.287. The normalized spacial score (nSPS) is 14.8. The van der Waals surface area contributed by atoms with Crippen LogP contribution in [0.1, 0.15) is 42.1 Å². The van der Waals surface area contributed by atoms with Gasteiger partial charge in [0.25, 0.3) is 0 Å². The smallest absolute Gasteiger partial charge is 0.227 e. The number of benzene rings is 3. The second-order valence-corrected chi connectivity index (χ2v) is 9.85. The summed E-state index contributed by atoms with van der Waals surface area (Å²) in [5.41, 5.74) is 5.98. The van der Waals surface area contributed by atoms with Crippen LogP contribution in [0.4, 0.5) is 5.95 Å². The van der Waals surface area contributed by atoms with E-state index in [1.165, 1.54) is 11.1 Å². The van der Waals surface area contributed by atoms with Gasteiger partial charge in [-0.2, -0.15) is 4.98 Å². The summed E-state index contributed by atoms with van der Waals surface area (Å²) in [5.74, 6) is 2.19. The Balaban J connectivity index is 1.38. The molecule has 0 spiro atoms. The summed E-state index contributed by atoms with van der Waals surface area (Å²) in [7, 11) is 0. The summed E-state index contributed by atoms with van der Waals surface area (Å²) in [6.07, 6.45) is 0. The van der Waals surface area contributed by atoms with Crippen molar-refractivity contribution in [2.24, 2.45) is 0 Å². The highest BCUT2D eigenvalue weighted by Crippen LogP contribution is 2.37. The third kappa shape index (κ3) is 5.21. The second-order valence-electron chi connectivity index (χ2n) is 8.91. The zero-order valence-corrected chi connectivity index (χ0v) is 21.4. The van der Waals surface area contributed by atoms with Gasteiger partial charge in [0.15, 0.2) is 5.78 Å². The zero-order valence-electron chi connectivity index (χ0n) is 20.6.